The molecule has 3 aliphatic rings. The molecule has 164 valence electrons. The van der Waals surface area contributed by atoms with Crippen molar-refractivity contribution < 1.29 is 12.8 Å². The Kier molecular flexibility index (Phi) is 5.90. The highest BCUT2D eigenvalue weighted by Crippen LogP contribution is 2.56. The molecule has 0 unspecified atom stereocenters. The van der Waals surface area contributed by atoms with Gasteiger partial charge < -0.3 is 4.43 Å². The third-order valence-corrected chi connectivity index (χ3v) is 15.3. The Labute approximate surface area is 183 Å². The lowest BCUT2D eigenvalue weighted by Crippen LogP contribution is -2.45. The largest absolute Gasteiger partial charge is 0.415 e. The predicted molar refractivity (Wildman–Crippen MR) is 124 cm³/mol. The van der Waals surface area contributed by atoms with Crippen LogP contribution in [-0.4, -0.2) is 40.7 Å². The third-order valence-electron chi connectivity index (χ3n) is 7.58. The molecule has 0 bridgehead atoms. The van der Waals surface area contributed by atoms with Crippen molar-refractivity contribution in [2.75, 3.05) is 19.7 Å². The minimum atomic E-state index is -3.49. The zero-order valence-corrected chi connectivity index (χ0v) is 20.7. The highest BCUT2D eigenvalue weighted by atomic mass is 32.2. The summed E-state index contributed by atoms with van der Waals surface area (Å²) in [5.41, 5.74) is 3.88. The summed E-state index contributed by atoms with van der Waals surface area (Å²) in [5.74, 6) is 0.634. The molecule has 4 nitrogen and oxygen atoms in total. The molecule has 30 heavy (non-hydrogen) atoms. The molecule has 1 aromatic rings. The molecule has 0 radical (unpaired) electrons. The molecule has 6 heteroatoms. The highest BCUT2D eigenvalue weighted by molar-refractivity contribution is 7.89. The molecule has 0 saturated carbocycles. The Morgan fingerprint density at radius 1 is 1.10 bits per heavy atom. The van der Waals surface area contributed by atoms with Gasteiger partial charge in [0.2, 0.25) is 18.3 Å². The Morgan fingerprint density at radius 2 is 1.77 bits per heavy atom. The summed E-state index contributed by atoms with van der Waals surface area (Å²) in [4.78, 5) is 0.397. The van der Waals surface area contributed by atoms with Crippen molar-refractivity contribution in [2.24, 2.45) is 11.8 Å². The summed E-state index contributed by atoms with van der Waals surface area (Å²) in [6.45, 7) is 13.1. The Bertz CT molecular complexity index is 941. The van der Waals surface area contributed by atoms with Crippen molar-refractivity contribution in [3.8, 4) is 0 Å². The zero-order chi connectivity index (χ0) is 21.7. The Hall–Kier alpha value is -1.21. The van der Waals surface area contributed by atoms with Crippen LogP contribution < -0.4 is 0 Å². The summed E-state index contributed by atoms with van der Waals surface area (Å²) in [7, 11) is -5.47. The van der Waals surface area contributed by atoms with Gasteiger partial charge in [0.25, 0.3) is 0 Å². The number of sulfonamides is 1. The fourth-order valence-corrected chi connectivity index (χ4v) is 13.1. The van der Waals surface area contributed by atoms with Crippen LogP contribution in [0.1, 0.15) is 39.7 Å². The number of rotatable bonds is 4. The molecule has 2 aliphatic heterocycles. The first kappa shape index (κ1) is 22.0. The fraction of sp³-hybridized carbons (Fsp3) is 0.583. The van der Waals surface area contributed by atoms with Crippen LogP contribution in [0.15, 0.2) is 53.0 Å². The van der Waals surface area contributed by atoms with Crippen LogP contribution in [0.3, 0.4) is 0 Å². The molecule has 4 rings (SSSR count). The SMILES string of the molecule is Cc1ccc(S(=O)(=O)N2C/C3=C/C/C=C\[C@@H]4[C@H](CO[Si]4(C(C)C)C(C)C)[C@@H]3C2)cc1. The number of fused-ring (bicyclic) bond motifs is 3. The van der Waals surface area contributed by atoms with E-state index in [1.54, 1.807) is 16.4 Å². The van der Waals surface area contributed by atoms with Gasteiger partial charge in [-0.1, -0.05) is 69.2 Å². The van der Waals surface area contributed by atoms with Crippen LogP contribution >= 0.6 is 0 Å². The molecule has 0 N–H and O–H groups in total. The van der Waals surface area contributed by atoms with E-state index in [-0.39, 0.29) is 5.92 Å². The number of aryl methyl sites for hydroxylation is 1. The summed E-state index contributed by atoms with van der Waals surface area (Å²) in [6.07, 6.45) is 7.86. The topological polar surface area (TPSA) is 46.6 Å². The highest BCUT2D eigenvalue weighted by Gasteiger charge is 2.58. The van der Waals surface area contributed by atoms with E-state index in [2.05, 4.69) is 45.9 Å². The molecule has 3 atom stereocenters. The molecule has 0 amide bonds. The van der Waals surface area contributed by atoms with Crippen molar-refractivity contribution >= 4 is 18.3 Å². The van der Waals surface area contributed by atoms with E-state index in [4.69, 9.17) is 4.43 Å². The zero-order valence-electron chi connectivity index (χ0n) is 18.8. The first-order chi connectivity index (χ1) is 14.2. The van der Waals surface area contributed by atoms with E-state index in [1.807, 2.05) is 19.1 Å². The van der Waals surface area contributed by atoms with Gasteiger partial charge in [-0.15, -0.1) is 0 Å². The third kappa shape index (κ3) is 3.46. The average Bonchev–Trinajstić information content (AvgIpc) is 3.25. The van der Waals surface area contributed by atoms with Crippen molar-refractivity contribution in [1.29, 1.82) is 0 Å². The second-order valence-corrected chi connectivity index (χ2v) is 16.7. The van der Waals surface area contributed by atoms with Crippen LogP contribution in [-0.2, 0) is 14.4 Å². The summed E-state index contributed by atoms with van der Waals surface area (Å²) in [6, 6.07) is 7.22. The Balaban J connectivity index is 1.66. The number of nitrogens with zero attached hydrogens (tertiary/aromatic N) is 1. The van der Waals surface area contributed by atoms with Crippen molar-refractivity contribution in [1.82, 2.24) is 4.31 Å². The summed E-state index contributed by atoms with van der Waals surface area (Å²) < 4.78 is 35.2. The smallest absolute Gasteiger partial charge is 0.243 e. The monoisotopic (exact) mass is 445 g/mol. The molecule has 0 spiro atoms. The van der Waals surface area contributed by atoms with E-state index >= 15 is 0 Å². The van der Waals surface area contributed by atoms with E-state index < -0.39 is 18.3 Å². The second-order valence-electron chi connectivity index (χ2n) is 9.82. The lowest BCUT2D eigenvalue weighted by molar-refractivity contribution is 0.256. The van der Waals surface area contributed by atoms with Crippen LogP contribution in [0.25, 0.3) is 0 Å². The van der Waals surface area contributed by atoms with Gasteiger partial charge >= 0.3 is 0 Å². The number of benzene rings is 1. The van der Waals surface area contributed by atoms with Crippen molar-refractivity contribution in [3.05, 3.63) is 53.6 Å². The van der Waals surface area contributed by atoms with E-state index in [0.717, 1.165) is 18.6 Å². The second kappa shape index (κ2) is 8.04. The van der Waals surface area contributed by atoms with Gasteiger partial charge in [-0.05, 0) is 42.5 Å². The minimum absolute atomic E-state index is 0.257. The number of allylic oxidation sites excluding steroid dienone is 3. The maximum Gasteiger partial charge on any atom is 0.243 e. The average molecular weight is 446 g/mol. The van der Waals surface area contributed by atoms with Crippen LogP contribution in [0.2, 0.25) is 16.6 Å². The molecule has 2 fully saturated rings. The van der Waals surface area contributed by atoms with Crippen molar-refractivity contribution in [2.45, 2.75) is 62.6 Å². The first-order valence-corrected chi connectivity index (χ1v) is 14.8. The van der Waals surface area contributed by atoms with Gasteiger partial charge in [-0.25, -0.2) is 8.42 Å². The van der Waals surface area contributed by atoms with Crippen LogP contribution in [0.5, 0.6) is 0 Å². The molecular formula is C24H35NO3SSi. The molecule has 1 aliphatic carbocycles. The molecule has 0 aromatic heterocycles. The van der Waals surface area contributed by atoms with Gasteiger partial charge in [0.1, 0.15) is 0 Å². The quantitative estimate of drug-likeness (QED) is 0.468. The van der Waals surface area contributed by atoms with Crippen LogP contribution in [0, 0.1) is 18.8 Å². The minimum Gasteiger partial charge on any atom is -0.415 e. The maximum atomic E-state index is 13.4. The van der Waals surface area contributed by atoms with Crippen molar-refractivity contribution in [3.63, 3.8) is 0 Å². The van der Waals surface area contributed by atoms with E-state index in [9.17, 15) is 8.42 Å². The van der Waals surface area contributed by atoms with Gasteiger partial charge in [0.15, 0.2) is 0 Å². The van der Waals surface area contributed by atoms with E-state index in [0.29, 0.717) is 40.5 Å². The molecule has 2 saturated heterocycles. The van der Waals surface area contributed by atoms with E-state index in [1.165, 1.54) is 5.57 Å². The number of hydrogen-bond acceptors (Lipinski definition) is 3. The normalized spacial score (nSPS) is 31.7. The van der Waals surface area contributed by atoms with Gasteiger partial charge in [0, 0.05) is 31.2 Å². The predicted octanol–water partition coefficient (Wildman–Crippen LogP) is 5.28. The fourth-order valence-electron chi connectivity index (χ4n) is 6.04. The Morgan fingerprint density at radius 3 is 2.40 bits per heavy atom. The summed E-state index contributed by atoms with van der Waals surface area (Å²) in [5, 5.41) is 0. The molecular weight excluding hydrogens is 410 g/mol. The van der Waals surface area contributed by atoms with Crippen LogP contribution in [0.4, 0.5) is 0 Å². The van der Waals surface area contributed by atoms with Gasteiger partial charge in [-0.2, -0.15) is 4.31 Å². The van der Waals surface area contributed by atoms with Gasteiger partial charge in [-0.3, -0.25) is 0 Å². The summed E-state index contributed by atoms with van der Waals surface area (Å²) >= 11 is 0. The maximum absolute atomic E-state index is 13.4. The van der Waals surface area contributed by atoms with Gasteiger partial charge in [0.05, 0.1) is 4.90 Å². The first-order valence-electron chi connectivity index (χ1n) is 11.2. The standard InChI is InChI=1S/C24H35NO3SSi/c1-17(2)30(18(3)4)24-9-7-6-8-20-14-25(15-22(20)23(24)16-28-30)29(26,27)21-12-10-19(5)11-13-21/h7-13,17-18,22-24H,6,14-16H2,1-5H3/b9-7-,20-8-/t22-,23-,24-/m1/s1. The lowest BCUT2D eigenvalue weighted by atomic mass is 9.84. The number of hydrogen-bond donors (Lipinski definition) is 0. The lowest BCUT2D eigenvalue weighted by Gasteiger charge is -2.40. The molecule has 2 heterocycles. The molecule has 1 aromatic carbocycles.